The van der Waals surface area contributed by atoms with Crippen molar-refractivity contribution >= 4 is 29.0 Å². The molecule has 0 aliphatic heterocycles. The Morgan fingerprint density at radius 3 is 2.32 bits per heavy atom. The molecule has 0 aliphatic carbocycles. The van der Waals surface area contributed by atoms with Crippen molar-refractivity contribution < 1.29 is 9.53 Å². The minimum atomic E-state index is -0.357. The van der Waals surface area contributed by atoms with Gasteiger partial charge in [-0.3, -0.25) is 0 Å². The van der Waals surface area contributed by atoms with Gasteiger partial charge in [0.25, 0.3) is 0 Å². The maximum absolute atomic E-state index is 11.4. The van der Waals surface area contributed by atoms with Crippen LogP contribution in [0.4, 0.5) is 5.69 Å². The van der Waals surface area contributed by atoms with Gasteiger partial charge in [0.1, 0.15) is 0 Å². The van der Waals surface area contributed by atoms with E-state index in [0.29, 0.717) is 10.7 Å². The number of thiocarbonyl (C=S) groups is 1. The average Bonchev–Trinajstić information content (AvgIpc) is 2.55. The predicted molar refractivity (Wildman–Crippen MR) is 92.0 cm³/mol. The lowest BCUT2D eigenvalue weighted by Crippen LogP contribution is -2.30. The first kappa shape index (κ1) is 16.0. The van der Waals surface area contributed by atoms with Gasteiger partial charge in [0.05, 0.1) is 18.7 Å². The zero-order valence-electron chi connectivity index (χ0n) is 12.5. The molecule has 2 rings (SSSR count). The minimum absolute atomic E-state index is 0.107. The summed E-state index contributed by atoms with van der Waals surface area (Å²) in [5.41, 5.74) is 2.47. The van der Waals surface area contributed by atoms with Crippen LogP contribution in [-0.2, 0) is 4.74 Å². The van der Waals surface area contributed by atoms with Crippen molar-refractivity contribution in [2.75, 3.05) is 12.4 Å². The van der Waals surface area contributed by atoms with Crippen molar-refractivity contribution in [1.82, 2.24) is 5.32 Å². The summed E-state index contributed by atoms with van der Waals surface area (Å²) in [7, 11) is 1.36. The molecule has 2 N–H and O–H groups in total. The number of nitrogens with one attached hydrogen (secondary N) is 2. The summed E-state index contributed by atoms with van der Waals surface area (Å²) < 4.78 is 4.66. The molecule has 0 fully saturated rings. The number of carbonyl (C=O) groups is 1. The van der Waals surface area contributed by atoms with Crippen LogP contribution in [0.25, 0.3) is 0 Å². The van der Waals surface area contributed by atoms with Gasteiger partial charge in [-0.15, -0.1) is 0 Å². The van der Waals surface area contributed by atoms with E-state index in [-0.39, 0.29) is 12.0 Å². The molecule has 0 heterocycles. The number of rotatable bonds is 4. The molecule has 4 nitrogen and oxygen atoms in total. The fourth-order valence-corrected chi connectivity index (χ4v) is 2.29. The maximum atomic E-state index is 11.4. The van der Waals surface area contributed by atoms with Gasteiger partial charge in [0, 0.05) is 5.69 Å². The molecule has 0 unspecified atom stereocenters. The number of benzene rings is 2. The molecule has 0 amide bonds. The van der Waals surface area contributed by atoms with Crippen LogP contribution in [0.5, 0.6) is 0 Å². The molecule has 114 valence electrons. The summed E-state index contributed by atoms with van der Waals surface area (Å²) >= 11 is 5.31. The fraction of sp³-hybridized carbons (Fsp3) is 0.176. The van der Waals surface area contributed by atoms with Gasteiger partial charge in [-0.25, -0.2) is 4.79 Å². The van der Waals surface area contributed by atoms with Crippen LogP contribution in [0.2, 0.25) is 0 Å². The topological polar surface area (TPSA) is 50.4 Å². The van der Waals surface area contributed by atoms with Gasteiger partial charge < -0.3 is 15.4 Å². The van der Waals surface area contributed by atoms with Crippen LogP contribution in [0, 0.1) is 0 Å². The van der Waals surface area contributed by atoms with Gasteiger partial charge in [-0.2, -0.15) is 0 Å². The molecular formula is C17H18N2O2S. The molecule has 5 heteroatoms. The van der Waals surface area contributed by atoms with E-state index >= 15 is 0 Å². The second-order valence-electron chi connectivity index (χ2n) is 4.80. The molecule has 0 spiro atoms. The normalized spacial score (nSPS) is 11.4. The van der Waals surface area contributed by atoms with E-state index in [0.717, 1.165) is 11.3 Å². The molecule has 2 aromatic carbocycles. The van der Waals surface area contributed by atoms with E-state index in [9.17, 15) is 4.79 Å². The largest absolute Gasteiger partial charge is 0.465 e. The SMILES string of the molecule is COC(=O)c1ccc(NC(=S)N[C@@H](C)c2ccccc2)cc1. The summed E-state index contributed by atoms with van der Waals surface area (Å²) in [6.45, 7) is 2.05. The summed E-state index contributed by atoms with van der Waals surface area (Å²) in [4.78, 5) is 11.4. The Bertz CT molecular complexity index is 641. The van der Waals surface area contributed by atoms with Crippen LogP contribution in [0.15, 0.2) is 54.6 Å². The second kappa shape index (κ2) is 7.56. The summed E-state index contributed by atoms with van der Waals surface area (Å²) in [6, 6.07) is 17.1. The Morgan fingerprint density at radius 2 is 1.73 bits per heavy atom. The molecule has 2 aromatic rings. The predicted octanol–water partition coefficient (Wildman–Crippen LogP) is 3.52. The Balaban J connectivity index is 1.93. The maximum Gasteiger partial charge on any atom is 0.337 e. The molecule has 0 aromatic heterocycles. The number of hydrogen-bond acceptors (Lipinski definition) is 3. The third-order valence-corrected chi connectivity index (χ3v) is 3.43. The van der Waals surface area contributed by atoms with Crippen molar-refractivity contribution in [2.45, 2.75) is 13.0 Å². The van der Waals surface area contributed by atoms with Crippen LogP contribution in [0.3, 0.4) is 0 Å². The lowest BCUT2D eigenvalue weighted by molar-refractivity contribution is 0.0601. The highest BCUT2D eigenvalue weighted by atomic mass is 32.1. The van der Waals surface area contributed by atoms with Crippen LogP contribution in [0.1, 0.15) is 28.9 Å². The van der Waals surface area contributed by atoms with Crippen LogP contribution in [-0.4, -0.2) is 18.2 Å². The molecule has 0 bridgehead atoms. The third-order valence-electron chi connectivity index (χ3n) is 3.21. The molecule has 0 radical (unpaired) electrons. The van der Waals surface area contributed by atoms with Gasteiger partial charge in [-0.1, -0.05) is 30.3 Å². The van der Waals surface area contributed by atoms with Crippen molar-refractivity contribution in [3.63, 3.8) is 0 Å². The number of hydrogen-bond donors (Lipinski definition) is 2. The van der Waals surface area contributed by atoms with Crippen molar-refractivity contribution in [3.05, 3.63) is 65.7 Å². The third kappa shape index (κ3) is 4.30. The Morgan fingerprint density at radius 1 is 1.09 bits per heavy atom. The summed E-state index contributed by atoms with van der Waals surface area (Å²) in [6.07, 6.45) is 0. The van der Waals surface area contributed by atoms with E-state index in [1.165, 1.54) is 7.11 Å². The number of esters is 1. The van der Waals surface area contributed by atoms with Gasteiger partial charge in [0.2, 0.25) is 0 Å². The Hall–Kier alpha value is -2.40. The molecule has 1 atom stereocenters. The number of carbonyl (C=O) groups excluding carboxylic acids is 1. The standard InChI is InChI=1S/C17H18N2O2S/c1-12(13-6-4-3-5-7-13)18-17(22)19-15-10-8-14(9-11-15)16(20)21-2/h3-12H,1-2H3,(H2,18,19,22)/t12-/m0/s1. The molecule has 0 saturated carbocycles. The number of anilines is 1. The molecular weight excluding hydrogens is 296 g/mol. The first-order valence-electron chi connectivity index (χ1n) is 6.91. The van der Waals surface area contributed by atoms with Gasteiger partial charge in [-0.05, 0) is 49.0 Å². The van der Waals surface area contributed by atoms with E-state index in [1.807, 2.05) is 37.3 Å². The Kier molecular flexibility index (Phi) is 5.49. The quantitative estimate of drug-likeness (QED) is 0.668. The van der Waals surface area contributed by atoms with E-state index in [2.05, 4.69) is 15.4 Å². The fourth-order valence-electron chi connectivity index (χ4n) is 2.00. The number of methoxy groups -OCH3 is 1. The summed E-state index contributed by atoms with van der Waals surface area (Å²) in [5, 5.41) is 6.85. The van der Waals surface area contributed by atoms with E-state index in [1.54, 1.807) is 24.3 Å². The highest BCUT2D eigenvalue weighted by Crippen LogP contribution is 2.13. The van der Waals surface area contributed by atoms with Crippen molar-refractivity contribution in [3.8, 4) is 0 Å². The van der Waals surface area contributed by atoms with E-state index < -0.39 is 0 Å². The molecule has 0 aliphatic rings. The first-order valence-corrected chi connectivity index (χ1v) is 7.32. The highest BCUT2D eigenvalue weighted by molar-refractivity contribution is 7.80. The highest BCUT2D eigenvalue weighted by Gasteiger charge is 2.08. The minimum Gasteiger partial charge on any atom is -0.465 e. The molecule has 22 heavy (non-hydrogen) atoms. The average molecular weight is 314 g/mol. The lowest BCUT2D eigenvalue weighted by atomic mass is 10.1. The summed E-state index contributed by atoms with van der Waals surface area (Å²) in [5.74, 6) is -0.357. The van der Waals surface area contributed by atoms with Crippen molar-refractivity contribution in [2.24, 2.45) is 0 Å². The van der Waals surface area contributed by atoms with Gasteiger partial charge in [0.15, 0.2) is 5.11 Å². The van der Waals surface area contributed by atoms with Crippen LogP contribution >= 0.6 is 12.2 Å². The smallest absolute Gasteiger partial charge is 0.337 e. The van der Waals surface area contributed by atoms with E-state index in [4.69, 9.17) is 12.2 Å². The monoisotopic (exact) mass is 314 g/mol. The van der Waals surface area contributed by atoms with Crippen molar-refractivity contribution in [1.29, 1.82) is 0 Å². The lowest BCUT2D eigenvalue weighted by Gasteiger charge is -2.17. The Labute approximate surface area is 135 Å². The molecule has 0 saturated heterocycles. The second-order valence-corrected chi connectivity index (χ2v) is 5.21. The van der Waals surface area contributed by atoms with Gasteiger partial charge >= 0.3 is 5.97 Å². The zero-order chi connectivity index (χ0) is 15.9. The number of ether oxygens (including phenoxy) is 1. The zero-order valence-corrected chi connectivity index (χ0v) is 13.3. The van der Waals surface area contributed by atoms with Crippen LogP contribution < -0.4 is 10.6 Å². The first-order chi connectivity index (χ1) is 10.6.